The standard InChI is InChI=1S/C14H10BrClN2S/c1-9-2-4-11(5-3-9)19-18-8-13(15)12-6-10(16)7-17-14(12)18/h2-8H,1H3. The SMILES string of the molecule is Cc1ccc(Sn2cc(Br)c3cc(Cl)cnc32)cc1. The first-order valence-electron chi connectivity index (χ1n) is 5.70. The molecule has 1 aromatic carbocycles. The average Bonchev–Trinajstić information content (AvgIpc) is 2.69. The highest BCUT2D eigenvalue weighted by atomic mass is 79.9. The van der Waals surface area contributed by atoms with E-state index in [2.05, 4.69) is 52.1 Å². The number of benzene rings is 1. The molecule has 5 heteroatoms. The van der Waals surface area contributed by atoms with Gasteiger partial charge in [0.25, 0.3) is 0 Å². The molecular formula is C14H10BrClN2S. The quantitative estimate of drug-likeness (QED) is 0.621. The molecule has 0 unspecified atom stereocenters. The molecule has 0 N–H and O–H groups in total. The first-order valence-corrected chi connectivity index (χ1v) is 7.65. The molecule has 0 radical (unpaired) electrons. The molecule has 0 saturated heterocycles. The van der Waals surface area contributed by atoms with Gasteiger partial charge in [0.2, 0.25) is 0 Å². The number of pyridine rings is 1. The number of rotatable bonds is 2. The van der Waals surface area contributed by atoms with Crippen molar-refractivity contribution in [2.75, 3.05) is 0 Å². The van der Waals surface area contributed by atoms with Crippen LogP contribution in [0.15, 0.2) is 52.1 Å². The van der Waals surface area contributed by atoms with Gasteiger partial charge in [-0.25, -0.2) is 4.98 Å². The predicted octanol–water partition coefficient (Wildman–Crippen LogP) is 5.32. The van der Waals surface area contributed by atoms with Gasteiger partial charge in [0.1, 0.15) is 0 Å². The van der Waals surface area contributed by atoms with Gasteiger partial charge in [0, 0.05) is 27.1 Å². The van der Waals surface area contributed by atoms with Crippen LogP contribution in [0.1, 0.15) is 5.56 Å². The average molecular weight is 354 g/mol. The number of hydrogen-bond acceptors (Lipinski definition) is 2. The molecular weight excluding hydrogens is 344 g/mol. The maximum atomic E-state index is 5.98. The number of aromatic nitrogens is 2. The van der Waals surface area contributed by atoms with E-state index >= 15 is 0 Å². The van der Waals surface area contributed by atoms with Crippen LogP contribution in [0.3, 0.4) is 0 Å². The third-order valence-corrected chi connectivity index (χ3v) is 4.55. The largest absolute Gasteiger partial charge is 0.270 e. The van der Waals surface area contributed by atoms with Gasteiger partial charge in [-0.05, 0) is 53.0 Å². The zero-order valence-electron chi connectivity index (χ0n) is 10.1. The Morgan fingerprint density at radius 1 is 1.26 bits per heavy atom. The lowest BCUT2D eigenvalue weighted by molar-refractivity contribution is 1.24. The van der Waals surface area contributed by atoms with Crippen LogP contribution in [0.25, 0.3) is 11.0 Å². The molecule has 0 saturated carbocycles. The van der Waals surface area contributed by atoms with Crippen LogP contribution in [0.2, 0.25) is 5.02 Å². The van der Waals surface area contributed by atoms with Crippen LogP contribution in [0.5, 0.6) is 0 Å². The Labute approximate surface area is 129 Å². The van der Waals surface area contributed by atoms with Gasteiger partial charge in [0.05, 0.1) is 5.02 Å². The summed E-state index contributed by atoms with van der Waals surface area (Å²) in [5.74, 6) is 0. The van der Waals surface area contributed by atoms with Crippen molar-refractivity contribution in [1.29, 1.82) is 0 Å². The topological polar surface area (TPSA) is 17.8 Å². The molecule has 0 amide bonds. The van der Waals surface area contributed by atoms with Crippen molar-refractivity contribution < 1.29 is 0 Å². The lowest BCUT2D eigenvalue weighted by atomic mass is 10.2. The Kier molecular flexibility index (Phi) is 3.56. The zero-order valence-corrected chi connectivity index (χ0v) is 13.3. The van der Waals surface area contributed by atoms with E-state index in [0.717, 1.165) is 15.5 Å². The minimum absolute atomic E-state index is 0.645. The molecule has 3 aromatic rings. The molecule has 0 aliphatic rings. The lowest BCUT2D eigenvalue weighted by Gasteiger charge is -2.04. The van der Waals surface area contributed by atoms with E-state index in [1.807, 2.05) is 16.2 Å². The summed E-state index contributed by atoms with van der Waals surface area (Å²) in [7, 11) is 0. The Morgan fingerprint density at radius 2 is 2.00 bits per heavy atom. The Hall–Kier alpha value is -0.970. The number of fused-ring (bicyclic) bond motifs is 1. The fourth-order valence-corrected chi connectivity index (χ4v) is 3.46. The van der Waals surface area contributed by atoms with Crippen molar-refractivity contribution in [3.8, 4) is 0 Å². The Bertz CT molecular complexity index is 737. The van der Waals surface area contributed by atoms with Crippen molar-refractivity contribution in [3.05, 3.63) is 57.8 Å². The van der Waals surface area contributed by atoms with E-state index < -0.39 is 0 Å². The number of nitrogens with zero attached hydrogens (tertiary/aromatic N) is 2. The lowest BCUT2D eigenvalue weighted by Crippen LogP contribution is -1.87. The van der Waals surface area contributed by atoms with E-state index in [1.54, 1.807) is 18.1 Å². The normalized spacial score (nSPS) is 11.1. The Morgan fingerprint density at radius 3 is 2.74 bits per heavy atom. The number of aryl methyl sites for hydroxylation is 1. The van der Waals surface area contributed by atoms with Gasteiger partial charge in [0.15, 0.2) is 5.65 Å². The maximum Gasteiger partial charge on any atom is 0.151 e. The van der Waals surface area contributed by atoms with E-state index in [-0.39, 0.29) is 0 Å². The second-order valence-corrected chi connectivity index (χ2v) is 6.57. The molecule has 0 bridgehead atoms. The molecule has 96 valence electrons. The van der Waals surface area contributed by atoms with Crippen LogP contribution in [-0.4, -0.2) is 8.96 Å². The number of halogens is 2. The number of hydrogen-bond donors (Lipinski definition) is 0. The summed E-state index contributed by atoms with van der Waals surface area (Å²) in [5.41, 5.74) is 2.16. The summed E-state index contributed by atoms with van der Waals surface area (Å²) in [6.07, 6.45) is 3.68. The van der Waals surface area contributed by atoms with Crippen molar-refractivity contribution in [3.63, 3.8) is 0 Å². The maximum absolute atomic E-state index is 5.98. The highest BCUT2D eigenvalue weighted by molar-refractivity contribution is 9.10. The predicted molar refractivity (Wildman–Crippen MR) is 84.9 cm³/mol. The van der Waals surface area contributed by atoms with Crippen LogP contribution in [0.4, 0.5) is 0 Å². The molecule has 0 spiro atoms. The molecule has 2 heterocycles. The smallest absolute Gasteiger partial charge is 0.151 e. The van der Waals surface area contributed by atoms with Gasteiger partial charge < -0.3 is 0 Å². The van der Waals surface area contributed by atoms with Gasteiger partial charge in [-0.1, -0.05) is 29.3 Å². The van der Waals surface area contributed by atoms with Crippen LogP contribution >= 0.6 is 39.5 Å². The van der Waals surface area contributed by atoms with Gasteiger partial charge >= 0.3 is 0 Å². The monoisotopic (exact) mass is 352 g/mol. The molecule has 0 aliphatic carbocycles. The molecule has 0 fully saturated rings. The van der Waals surface area contributed by atoms with E-state index in [9.17, 15) is 0 Å². The van der Waals surface area contributed by atoms with Crippen molar-refractivity contribution in [2.24, 2.45) is 0 Å². The third-order valence-electron chi connectivity index (χ3n) is 2.75. The third kappa shape index (κ3) is 2.66. The van der Waals surface area contributed by atoms with Crippen molar-refractivity contribution in [2.45, 2.75) is 11.8 Å². The van der Waals surface area contributed by atoms with Crippen molar-refractivity contribution in [1.82, 2.24) is 8.96 Å². The molecule has 3 rings (SSSR count). The van der Waals surface area contributed by atoms with Crippen LogP contribution in [0, 0.1) is 6.92 Å². The highest BCUT2D eigenvalue weighted by Crippen LogP contribution is 2.32. The molecule has 0 atom stereocenters. The first kappa shape index (κ1) is 13.0. The summed E-state index contributed by atoms with van der Waals surface area (Å²) < 4.78 is 3.04. The van der Waals surface area contributed by atoms with E-state index in [1.165, 1.54) is 10.5 Å². The van der Waals surface area contributed by atoms with Crippen LogP contribution in [-0.2, 0) is 0 Å². The summed E-state index contributed by atoms with van der Waals surface area (Å²) in [5, 5.41) is 1.67. The summed E-state index contributed by atoms with van der Waals surface area (Å²) >= 11 is 11.2. The summed E-state index contributed by atoms with van der Waals surface area (Å²) in [4.78, 5) is 5.57. The Balaban J connectivity index is 2.03. The summed E-state index contributed by atoms with van der Waals surface area (Å²) in [6, 6.07) is 10.3. The minimum atomic E-state index is 0.645. The second kappa shape index (κ2) is 5.19. The van der Waals surface area contributed by atoms with Gasteiger partial charge in [-0.15, -0.1) is 0 Å². The van der Waals surface area contributed by atoms with Crippen molar-refractivity contribution >= 4 is 50.5 Å². The molecule has 19 heavy (non-hydrogen) atoms. The fraction of sp³-hybridized carbons (Fsp3) is 0.0714. The molecule has 0 aliphatic heterocycles. The van der Waals surface area contributed by atoms with Gasteiger partial charge in [-0.3, -0.25) is 3.97 Å². The second-order valence-electron chi connectivity index (χ2n) is 4.23. The summed E-state index contributed by atoms with van der Waals surface area (Å²) in [6.45, 7) is 2.08. The highest BCUT2D eigenvalue weighted by Gasteiger charge is 2.09. The van der Waals surface area contributed by atoms with Crippen LogP contribution < -0.4 is 0 Å². The minimum Gasteiger partial charge on any atom is -0.270 e. The fourth-order valence-electron chi connectivity index (χ4n) is 1.80. The molecule has 2 nitrogen and oxygen atoms in total. The van der Waals surface area contributed by atoms with Gasteiger partial charge in [-0.2, -0.15) is 0 Å². The van der Waals surface area contributed by atoms with E-state index in [0.29, 0.717) is 5.02 Å². The van der Waals surface area contributed by atoms with E-state index in [4.69, 9.17) is 11.6 Å². The first-order chi connectivity index (χ1) is 9.13. The molecule has 2 aromatic heterocycles. The zero-order chi connectivity index (χ0) is 13.4.